The van der Waals surface area contributed by atoms with Gasteiger partial charge >= 0.3 is 462 Å². The summed E-state index contributed by atoms with van der Waals surface area (Å²) < 4.78 is -4.28. The molecule has 0 aliphatic carbocycles. The van der Waals surface area contributed by atoms with Gasteiger partial charge in [-0.25, -0.2) is 0 Å². The minimum absolute atomic E-state index is 1.07. The van der Waals surface area contributed by atoms with Gasteiger partial charge in [0.05, 0.1) is 0 Å². The summed E-state index contributed by atoms with van der Waals surface area (Å²) in [6.45, 7) is 0. The quantitative estimate of drug-likeness (QED) is 0.0668. The fraction of sp³-hybridized carbons (Fsp3) is 0.0526. The molecule has 77 heavy (non-hydrogen) atoms. The van der Waals surface area contributed by atoms with E-state index < -0.39 is 31.1 Å². The molecule has 0 nitrogen and oxygen atoms in total. The Labute approximate surface area is 458 Å². The molecule has 0 radical (unpaired) electrons. The van der Waals surface area contributed by atoms with Gasteiger partial charge in [0, 0.05) is 0 Å². The van der Waals surface area contributed by atoms with E-state index in [4.69, 9.17) is 0 Å². The standard InChI is InChI=1S/4C19H15.Pd/c4*1-4-10-16(11-5-1)19(17-12-6-2-7-13-17)18-14-8-3-9-15-18;/h4*1-15H;. The second-order valence-corrected chi connectivity index (χ2v) is 26.3. The van der Waals surface area contributed by atoms with Crippen LogP contribution in [0.5, 0.6) is 0 Å². The van der Waals surface area contributed by atoms with Gasteiger partial charge < -0.3 is 0 Å². The molecule has 0 N–H and O–H groups in total. The van der Waals surface area contributed by atoms with Crippen LogP contribution in [0, 0.1) is 0 Å². The van der Waals surface area contributed by atoms with E-state index in [9.17, 15) is 0 Å². The SMILES string of the molecule is c1ccc([C](c2ccccc2)(c2ccccc2)[Pd]([C](c2ccccc2)(c2ccccc2)c2ccccc2)([C](c2ccccc2)(c2ccccc2)c2ccccc2)[C](c2ccccc2)(c2ccccc2)c2ccccc2)cc1. The summed E-state index contributed by atoms with van der Waals surface area (Å²) in [5.41, 5.74) is 14.5. The van der Waals surface area contributed by atoms with E-state index in [1.807, 2.05) is 0 Å². The molecular formula is C76H60Pd. The molecule has 0 aromatic heterocycles. The zero-order valence-corrected chi connectivity index (χ0v) is 44.5. The van der Waals surface area contributed by atoms with Crippen molar-refractivity contribution in [2.75, 3.05) is 0 Å². The summed E-state index contributed by atoms with van der Waals surface area (Å²) in [5, 5.41) is 0. The van der Waals surface area contributed by atoms with Crippen LogP contribution in [0.2, 0.25) is 0 Å². The van der Waals surface area contributed by atoms with Gasteiger partial charge in [0.2, 0.25) is 0 Å². The van der Waals surface area contributed by atoms with Crippen molar-refractivity contribution in [2.24, 2.45) is 0 Å². The van der Waals surface area contributed by atoms with Crippen LogP contribution in [-0.4, -0.2) is 0 Å². The van der Waals surface area contributed by atoms with E-state index in [0.717, 1.165) is 0 Å². The Hall–Kier alpha value is -8.70. The van der Waals surface area contributed by atoms with Crippen LogP contribution in [0.15, 0.2) is 364 Å². The molecule has 0 unspecified atom stereocenters. The summed E-state index contributed by atoms with van der Waals surface area (Å²) in [7, 11) is 0. The predicted octanol–water partition coefficient (Wildman–Crippen LogP) is 18.1. The van der Waals surface area contributed by atoms with Crippen LogP contribution in [0.4, 0.5) is 0 Å². The van der Waals surface area contributed by atoms with Gasteiger partial charge in [-0.3, -0.25) is 0 Å². The van der Waals surface area contributed by atoms with Gasteiger partial charge in [-0.2, -0.15) is 0 Å². The first-order chi connectivity index (χ1) is 38.3. The fourth-order valence-electron chi connectivity index (χ4n) is 12.6. The molecule has 12 aromatic rings. The molecule has 1 heteroatoms. The molecule has 374 valence electrons. The van der Waals surface area contributed by atoms with Crippen LogP contribution in [0.1, 0.15) is 66.8 Å². The van der Waals surface area contributed by atoms with Crippen LogP contribution >= 0.6 is 0 Å². The van der Waals surface area contributed by atoms with Crippen molar-refractivity contribution in [2.45, 2.75) is 15.6 Å². The molecule has 0 amide bonds. The first-order valence-corrected chi connectivity index (χ1v) is 29.7. The topological polar surface area (TPSA) is 0 Å². The molecule has 0 aliphatic heterocycles. The Balaban J connectivity index is 1.64. The number of hydrogen-bond acceptors (Lipinski definition) is 0. The predicted molar refractivity (Wildman–Crippen MR) is 317 cm³/mol. The summed E-state index contributed by atoms with van der Waals surface area (Å²) >= 11 is -5.08. The van der Waals surface area contributed by atoms with E-state index in [1.54, 1.807) is 0 Å². The second kappa shape index (κ2) is 21.5. The molecule has 0 atom stereocenters. The normalized spacial score (nSPS) is 12.4. The molecule has 0 saturated heterocycles. The molecule has 0 fully saturated rings. The molecule has 0 spiro atoms. The molecule has 0 saturated carbocycles. The summed E-state index contributed by atoms with van der Waals surface area (Å²) in [6.07, 6.45) is 0. The van der Waals surface area contributed by atoms with Crippen LogP contribution in [-0.2, 0) is 31.1 Å². The van der Waals surface area contributed by atoms with E-state index in [1.165, 1.54) is 66.8 Å². The van der Waals surface area contributed by atoms with E-state index in [0.29, 0.717) is 0 Å². The van der Waals surface area contributed by atoms with Gasteiger partial charge in [0.25, 0.3) is 0 Å². The Bertz CT molecular complexity index is 2830. The maximum atomic E-state index is 2.47. The third-order valence-corrected chi connectivity index (χ3v) is 27.6. The first-order valence-electron chi connectivity index (χ1n) is 26.6. The van der Waals surface area contributed by atoms with Crippen LogP contribution in [0.25, 0.3) is 0 Å². The average Bonchev–Trinajstić information content (AvgIpc) is 3.71. The number of hydrogen-bond donors (Lipinski definition) is 0. The molecule has 12 aromatic carbocycles. The summed E-state index contributed by atoms with van der Waals surface area (Å²) in [4.78, 5) is 0. The third kappa shape index (κ3) is 7.52. The summed E-state index contributed by atoms with van der Waals surface area (Å²) in [6, 6.07) is 141. The van der Waals surface area contributed by atoms with Crippen molar-refractivity contribution in [3.8, 4) is 0 Å². The van der Waals surface area contributed by atoms with Gasteiger partial charge in [-0.15, -0.1) is 0 Å². The number of benzene rings is 12. The van der Waals surface area contributed by atoms with E-state index >= 15 is 0 Å². The summed E-state index contributed by atoms with van der Waals surface area (Å²) in [5.74, 6) is 0. The monoisotopic (exact) mass is 1080 g/mol. The third-order valence-electron chi connectivity index (χ3n) is 15.3. The average molecular weight is 1080 g/mol. The second-order valence-electron chi connectivity index (χ2n) is 19.3. The van der Waals surface area contributed by atoms with Crippen LogP contribution < -0.4 is 0 Å². The van der Waals surface area contributed by atoms with Gasteiger partial charge in [-0.1, -0.05) is 0 Å². The minimum atomic E-state index is -5.08. The Kier molecular flexibility index (Phi) is 13.7. The van der Waals surface area contributed by atoms with Crippen LogP contribution in [0.3, 0.4) is 0 Å². The van der Waals surface area contributed by atoms with Crippen molar-refractivity contribution >= 4 is 0 Å². The molecule has 0 aliphatic rings. The molecular weight excluding hydrogens is 1020 g/mol. The maximum absolute atomic E-state index is 5.08. The Morgan fingerprint density at radius 1 is 0.117 bits per heavy atom. The van der Waals surface area contributed by atoms with Crippen molar-refractivity contribution in [1.82, 2.24) is 0 Å². The van der Waals surface area contributed by atoms with Gasteiger partial charge in [0.15, 0.2) is 0 Å². The zero-order chi connectivity index (χ0) is 51.9. The molecule has 0 bridgehead atoms. The molecule has 12 rings (SSSR count). The van der Waals surface area contributed by atoms with E-state index in [2.05, 4.69) is 364 Å². The fourth-order valence-corrected chi connectivity index (χ4v) is 29.0. The van der Waals surface area contributed by atoms with Crippen molar-refractivity contribution in [1.29, 1.82) is 0 Å². The zero-order valence-electron chi connectivity index (χ0n) is 43.0. The van der Waals surface area contributed by atoms with Gasteiger partial charge in [-0.05, 0) is 0 Å². The first kappa shape index (κ1) is 49.2. The molecule has 0 heterocycles. The number of rotatable bonds is 16. The van der Waals surface area contributed by atoms with Crippen molar-refractivity contribution in [3.05, 3.63) is 431 Å². The Morgan fingerprint density at radius 2 is 0.195 bits per heavy atom. The Morgan fingerprint density at radius 3 is 0.273 bits per heavy atom. The van der Waals surface area contributed by atoms with Crippen molar-refractivity contribution < 1.29 is 15.5 Å². The van der Waals surface area contributed by atoms with E-state index in [-0.39, 0.29) is 0 Å². The van der Waals surface area contributed by atoms with Gasteiger partial charge in [0.1, 0.15) is 0 Å². The van der Waals surface area contributed by atoms with Crippen molar-refractivity contribution in [3.63, 3.8) is 0 Å².